The van der Waals surface area contributed by atoms with Crippen molar-refractivity contribution in [3.8, 4) is 0 Å². The van der Waals surface area contributed by atoms with Crippen LogP contribution in [0.4, 0.5) is 5.69 Å². The van der Waals surface area contributed by atoms with Crippen LogP contribution in [-0.4, -0.2) is 30.6 Å². The van der Waals surface area contributed by atoms with Crippen molar-refractivity contribution >= 4 is 33.4 Å². The third kappa shape index (κ3) is 5.84. The van der Waals surface area contributed by atoms with Gasteiger partial charge in [0.2, 0.25) is 15.9 Å². The van der Waals surface area contributed by atoms with Crippen LogP contribution in [0.1, 0.15) is 20.8 Å². The molecule has 0 spiro atoms. The van der Waals surface area contributed by atoms with E-state index in [0.717, 1.165) is 5.03 Å². The van der Waals surface area contributed by atoms with Crippen LogP contribution in [0, 0.1) is 0 Å². The summed E-state index contributed by atoms with van der Waals surface area (Å²) in [4.78, 5) is 16.6. The highest BCUT2D eigenvalue weighted by Gasteiger charge is 2.17. The van der Waals surface area contributed by atoms with Gasteiger partial charge in [0.1, 0.15) is 0 Å². The molecule has 0 saturated heterocycles. The van der Waals surface area contributed by atoms with Crippen molar-refractivity contribution in [3.63, 3.8) is 0 Å². The number of aromatic nitrogens is 1. The zero-order chi connectivity index (χ0) is 18.4. The number of amides is 1. The number of carbonyl (C=O) groups is 1. The monoisotopic (exact) mass is 379 g/mol. The highest BCUT2D eigenvalue weighted by atomic mass is 32.2. The fraction of sp³-hybridized carbons (Fsp3) is 0.294. The molecule has 25 heavy (non-hydrogen) atoms. The summed E-state index contributed by atoms with van der Waals surface area (Å²) < 4.78 is 26.7. The molecule has 0 unspecified atom stereocenters. The topological polar surface area (TPSA) is 88.2 Å². The lowest BCUT2D eigenvalue weighted by atomic mass is 10.3. The normalized spacial score (nSPS) is 12.8. The molecular formula is C17H21N3O3S2. The molecule has 2 N–H and O–H groups in total. The summed E-state index contributed by atoms with van der Waals surface area (Å²) in [7, 11) is -3.54. The lowest BCUT2D eigenvalue weighted by Crippen LogP contribution is -2.30. The van der Waals surface area contributed by atoms with E-state index in [1.807, 2.05) is 18.2 Å². The number of pyridine rings is 1. The zero-order valence-electron chi connectivity index (χ0n) is 14.3. The van der Waals surface area contributed by atoms with Gasteiger partial charge < -0.3 is 5.32 Å². The van der Waals surface area contributed by atoms with Gasteiger partial charge in [-0.25, -0.2) is 18.1 Å². The summed E-state index contributed by atoms with van der Waals surface area (Å²) in [5.74, 6) is -0.174. The largest absolute Gasteiger partial charge is 0.325 e. The number of hydrogen-bond acceptors (Lipinski definition) is 5. The zero-order valence-corrected chi connectivity index (χ0v) is 15.9. The van der Waals surface area contributed by atoms with Gasteiger partial charge in [0.05, 0.1) is 15.2 Å². The van der Waals surface area contributed by atoms with E-state index >= 15 is 0 Å². The smallest absolute Gasteiger partial charge is 0.240 e. The summed E-state index contributed by atoms with van der Waals surface area (Å²) in [6.07, 6.45) is 1.68. The first-order valence-electron chi connectivity index (χ1n) is 7.79. The van der Waals surface area contributed by atoms with Gasteiger partial charge in [0, 0.05) is 17.9 Å². The quantitative estimate of drug-likeness (QED) is 0.722. The molecule has 1 heterocycles. The number of rotatable bonds is 7. The van der Waals surface area contributed by atoms with E-state index in [9.17, 15) is 13.2 Å². The Morgan fingerprint density at radius 3 is 2.32 bits per heavy atom. The van der Waals surface area contributed by atoms with Gasteiger partial charge in [-0.05, 0) is 57.2 Å². The van der Waals surface area contributed by atoms with E-state index in [1.165, 1.54) is 23.9 Å². The van der Waals surface area contributed by atoms with Crippen molar-refractivity contribution in [2.24, 2.45) is 0 Å². The second-order valence-electron chi connectivity index (χ2n) is 5.72. The molecule has 1 aromatic carbocycles. The van der Waals surface area contributed by atoms with Crippen molar-refractivity contribution in [2.45, 2.75) is 42.0 Å². The van der Waals surface area contributed by atoms with Crippen LogP contribution in [0.25, 0.3) is 0 Å². The molecule has 0 fully saturated rings. The Balaban J connectivity index is 1.99. The molecule has 0 radical (unpaired) electrons. The average molecular weight is 380 g/mol. The molecule has 1 aromatic heterocycles. The van der Waals surface area contributed by atoms with E-state index in [1.54, 1.807) is 39.1 Å². The van der Waals surface area contributed by atoms with Crippen molar-refractivity contribution in [1.29, 1.82) is 0 Å². The van der Waals surface area contributed by atoms with E-state index in [4.69, 9.17) is 0 Å². The predicted molar refractivity (Wildman–Crippen MR) is 100 cm³/mol. The molecule has 8 heteroatoms. The van der Waals surface area contributed by atoms with Gasteiger partial charge in [-0.15, -0.1) is 0 Å². The molecular weight excluding hydrogens is 358 g/mol. The maximum atomic E-state index is 12.3. The van der Waals surface area contributed by atoms with Crippen LogP contribution in [0.3, 0.4) is 0 Å². The molecule has 0 bridgehead atoms. The number of thioether (sulfide) groups is 1. The number of carbonyl (C=O) groups excluding carboxylic acids is 1. The lowest BCUT2D eigenvalue weighted by molar-refractivity contribution is -0.115. The molecule has 134 valence electrons. The van der Waals surface area contributed by atoms with Gasteiger partial charge in [-0.2, -0.15) is 0 Å². The Hall–Kier alpha value is -1.90. The first-order valence-corrected chi connectivity index (χ1v) is 10.1. The molecule has 2 aromatic rings. The average Bonchev–Trinajstić information content (AvgIpc) is 2.55. The van der Waals surface area contributed by atoms with Crippen LogP contribution in [0.5, 0.6) is 0 Å². The number of anilines is 1. The molecule has 0 aliphatic carbocycles. The lowest BCUT2D eigenvalue weighted by Gasteiger charge is -2.13. The van der Waals surface area contributed by atoms with Crippen LogP contribution in [0.15, 0.2) is 58.6 Å². The summed E-state index contributed by atoms with van der Waals surface area (Å²) in [6, 6.07) is 11.4. The molecule has 6 nitrogen and oxygen atoms in total. The predicted octanol–water partition coefficient (Wildman–Crippen LogP) is 2.89. The Morgan fingerprint density at radius 2 is 1.76 bits per heavy atom. The van der Waals surface area contributed by atoms with Crippen LogP contribution >= 0.6 is 11.8 Å². The minimum atomic E-state index is -3.54. The SMILES string of the molecule is CC(C)NS(=O)(=O)c1ccc(NC(=O)[C@@H](C)Sc2ccccn2)cc1. The summed E-state index contributed by atoms with van der Waals surface area (Å²) in [5, 5.41) is 3.22. The second-order valence-corrected chi connectivity index (χ2v) is 8.79. The summed E-state index contributed by atoms with van der Waals surface area (Å²) >= 11 is 1.36. The third-order valence-corrected chi connectivity index (χ3v) is 5.85. The van der Waals surface area contributed by atoms with Crippen molar-refractivity contribution < 1.29 is 13.2 Å². The first-order chi connectivity index (χ1) is 11.8. The maximum Gasteiger partial charge on any atom is 0.240 e. The van der Waals surface area contributed by atoms with Gasteiger partial charge in [0.25, 0.3) is 0 Å². The van der Waals surface area contributed by atoms with Gasteiger partial charge in [-0.1, -0.05) is 17.8 Å². The number of sulfonamides is 1. The van der Waals surface area contributed by atoms with Gasteiger partial charge in [-0.3, -0.25) is 4.79 Å². The molecule has 0 saturated carbocycles. The molecule has 1 amide bonds. The summed E-state index contributed by atoms with van der Waals surface area (Å²) in [6.45, 7) is 5.31. The minimum absolute atomic E-state index is 0.162. The molecule has 0 aliphatic rings. The van der Waals surface area contributed by atoms with Crippen molar-refractivity contribution in [3.05, 3.63) is 48.7 Å². The Bertz CT molecular complexity index is 807. The van der Waals surface area contributed by atoms with Crippen LogP contribution < -0.4 is 10.0 Å². The maximum absolute atomic E-state index is 12.3. The van der Waals surface area contributed by atoms with Crippen LogP contribution in [-0.2, 0) is 14.8 Å². The highest BCUT2D eigenvalue weighted by Crippen LogP contribution is 2.22. The molecule has 2 rings (SSSR count). The van der Waals surface area contributed by atoms with Gasteiger partial charge >= 0.3 is 0 Å². The summed E-state index contributed by atoms with van der Waals surface area (Å²) in [5.41, 5.74) is 0.543. The molecule has 1 atom stereocenters. The standard InChI is InChI=1S/C17H21N3O3S2/c1-12(2)20-25(22,23)15-9-7-14(8-10-15)19-17(21)13(3)24-16-6-4-5-11-18-16/h4-13,20H,1-3H3,(H,19,21)/t13-/m1/s1. The Labute approximate surface area is 152 Å². The third-order valence-electron chi connectivity index (χ3n) is 3.13. The van der Waals surface area contributed by atoms with E-state index < -0.39 is 10.0 Å². The van der Waals surface area contributed by atoms with Crippen LogP contribution in [0.2, 0.25) is 0 Å². The van der Waals surface area contributed by atoms with Gasteiger partial charge in [0.15, 0.2) is 0 Å². The highest BCUT2D eigenvalue weighted by molar-refractivity contribution is 8.00. The van der Waals surface area contributed by atoms with E-state index in [-0.39, 0.29) is 22.1 Å². The van der Waals surface area contributed by atoms with Crippen molar-refractivity contribution in [1.82, 2.24) is 9.71 Å². The van der Waals surface area contributed by atoms with E-state index in [0.29, 0.717) is 5.69 Å². The number of nitrogens with zero attached hydrogens (tertiary/aromatic N) is 1. The fourth-order valence-corrected chi connectivity index (χ4v) is 4.05. The number of nitrogens with one attached hydrogen (secondary N) is 2. The number of benzene rings is 1. The Morgan fingerprint density at radius 1 is 1.08 bits per heavy atom. The first kappa shape index (κ1) is 19.4. The second kappa shape index (κ2) is 8.46. The van der Waals surface area contributed by atoms with E-state index in [2.05, 4.69) is 15.0 Å². The number of hydrogen-bond donors (Lipinski definition) is 2. The minimum Gasteiger partial charge on any atom is -0.325 e. The molecule has 0 aliphatic heterocycles. The fourth-order valence-electron chi connectivity index (χ4n) is 1.99. The van der Waals surface area contributed by atoms with Crippen molar-refractivity contribution in [2.75, 3.05) is 5.32 Å². The Kier molecular flexibility index (Phi) is 6.57.